The predicted octanol–water partition coefficient (Wildman–Crippen LogP) is 7.04. The number of ether oxygens (including phenoxy) is 3. The van der Waals surface area contributed by atoms with E-state index >= 15 is 0 Å². The van der Waals surface area contributed by atoms with E-state index in [9.17, 15) is 4.39 Å². The molecular weight excluding hydrogens is 417 g/mol. The number of rotatable bonds is 9. The van der Waals surface area contributed by atoms with Gasteiger partial charge in [-0.1, -0.05) is 44.2 Å². The smallest absolute Gasteiger partial charge is 0.132 e. The van der Waals surface area contributed by atoms with E-state index in [1.54, 1.807) is 6.07 Å². The highest BCUT2D eigenvalue weighted by molar-refractivity contribution is 5.53. The highest BCUT2D eigenvalue weighted by Gasteiger charge is 2.45. The summed E-state index contributed by atoms with van der Waals surface area (Å²) in [6, 6.07) is 12.8. The zero-order chi connectivity index (χ0) is 23.3. The van der Waals surface area contributed by atoms with Gasteiger partial charge in [-0.2, -0.15) is 0 Å². The Labute approximate surface area is 197 Å². The third kappa shape index (κ3) is 6.07. The Bertz CT molecular complexity index is 910. The second-order valence-corrected chi connectivity index (χ2v) is 9.93. The van der Waals surface area contributed by atoms with Gasteiger partial charge in [-0.3, -0.25) is 0 Å². The maximum absolute atomic E-state index is 13.7. The molecule has 2 aromatic rings. The van der Waals surface area contributed by atoms with Gasteiger partial charge < -0.3 is 19.5 Å². The maximum Gasteiger partial charge on any atom is 0.132 e. The molecule has 0 aromatic heterocycles. The molecule has 1 aliphatic heterocycles. The quantitative estimate of drug-likeness (QED) is 0.440. The first kappa shape index (κ1) is 24.0. The standard InChI is InChI=1S/C28H38FNO3/c1-4-30-23-13-14-25-24(18-23)26(31-16-15-20-9-6-5-7-10-20)27(28(2,3)33-25)32-19-21-11-8-12-22(29)17-21/h8,11-14,17-18,20,26-27,30H,4-7,9-10,15-16,19H2,1-3H3. The first-order valence-electron chi connectivity index (χ1n) is 12.5. The minimum atomic E-state index is -0.588. The van der Waals surface area contributed by atoms with Gasteiger partial charge in [0.05, 0.1) is 6.61 Å². The summed E-state index contributed by atoms with van der Waals surface area (Å²) in [7, 11) is 0. The average molecular weight is 456 g/mol. The molecule has 5 heteroatoms. The van der Waals surface area contributed by atoms with Crippen molar-refractivity contribution in [3.05, 3.63) is 59.4 Å². The Morgan fingerprint density at radius 1 is 1.06 bits per heavy atom. The molecule has 0 bridgehead atoms. The summed E-state index contributed by atoms with van der Waals surface area (Å²) < 4.78 is 33.1. The number of fused-ring (bicyclic) bond motifs is 1. The number of halogens is 1. The summed E-state index contributed by atoms with van der Waals surface area (Å²) in [5.74, 6) is 1.34. The molecule has 2 aliphatic rings. The fourth-order valence-corrected chi connectivity index (χ4v) is 5.16. The largest absolute Gasteiger partial charge is 0.485 e. The second kappa shape index (κ2) is 10.9. The Balaban J connectivity index is 1.55. The fourth-order valence-electron chi connectivity index (χ4n) is 5.16. The SMILES string of the molecule is CCNc1ccc2c(c1)C(OCCC1CCCCC1)C(OCc1cccc(F)c1)C(C)(C)O2. The molecule has 2 atom stereocenters. The van der Waals surface area contributed by atoms with E-state index in [4.69, 9.17) is 14.2 Å². The highest BCUT2D eigenvalue weighted by Crippen LogP contribution is 2.45. The van der Waals surface area contributed by atoms with Crippen molar-refractivity contribution in [1.82, 2.24) is 0 Å². The topological polar surface area (TPSA) is 39.7 Å². The molecule has 0 spiro atoms. The van der Waals surface area contributed by atoms with E-state index in [0.717, 1.165) is 41.4 Å². The van der Waals surface area contributed by atoms with Gasteiger partial charge in [0.1, 0.15) is 29.4 Å². The highest BCUT2D eigenvalue weighted by atomic mass is 19.1. The van der Waals surface area contributed by atoms with E-state index in [1.807, 2.05) is 32.0 Å². The minimum absolute atomic E-state index is 0.250. The molecular formula is C28H38FNO3. The van der Waals surface area contributed by atoms with Gasteiger partial charge in [-0.15, -0.1) is 0 Å². The molecule has 180 valence electrons. The van der Waals surface area contributed by atoms with Gasteiger partial charge in [0.25, 0.3) is 0 Å². The van der Waals surface area contributed by atoms with Crippen molar-refractivity contribution in [2.75, 3.05) is 18.5 Å². The summed E-state index contributed by atoms with van der Waals surface area (Å²) in [6.45, 7) is 8.03. The van der Waals surface area contributed by atoms with Crippen LogP contribution >= 0.6 is 0 Å². The molecule has 1 N–H and O–H groups in total. The molecule has 33 heavy (non-hydrogen) atoms. The molecule has 0 radical (unpaired) electrons. The van der Waals surface area contributed by atoms with Gasteiger partial charge in [0, 0.05) is 24.4 Å². The molecule has 0 amide bonds. The van der Waals surface area contributed by atoms with E-state index in [-0.39, 0.29) is 18.0 Å². The number of hydrogen-bond donors (Lipinski definition) is 1. The lowest BCUT2D eigenvalue weighted by molar-refractivity contribution is -0.168. The van der Waals surface area contributed by atoms with Gasteiger partial charge in [0.2, 0.25) is 0 Å². The molecule has 1 heterocycles. The Kier molecular flexibility index (Phi) is 7.92. The first-order chi connectivity index (χ1) is 16.0. The molecule has 0 saturated heterocycles. The van der Waals surface area contributed by atoms with Gasteiger partial charge in [0.15, 0.2) is 0 Å². The van der Waals surface area contributed by atoms with Crippen LogP contribution in [0.2, 0.25) is 0 Å². The lowest BCUT2D eigenvalue weighted by Gasteiger charge is -2.44. The van der Waals surface area contributed by atoms with Crippen molar-refractivity contribution in [3.8, 4) is 5.75 Å². The molecule has 4 rings (SSSR count). The van der Waals surface area contributed by atoms with Gasteiger partial charge in [-0.05, 0) is 69.0 Å². The van der Waals surface area contributed by atoms with Crippen LogP contribution in [0.3, 0.4) is 0 Å². The molecule has 4 nitrogen and oxygen atoms in total. The lowest BCUT2D eigenvalue weighted by Crippen LogP contribution is -2.51. The Morgan fingerprint density at radius 3 is 2.64 bits per heavy atom. The lowest BCUT2D eigenvalue weighted by atomic mass is 9.86. The summed E-state index contributed by atoms with van der Waals surface area (Å²) in [5.41, 5.74) is 2.28. The third-order valence-electron chi connectivity index (χ3n) is 6.90. The van der Waals surface area contributed by atoms with Crippen molar-refractivity contribution >= 4 is 5.69 Å². The van der Waals surface area contributed by atoms with Gasteiger partial charge >= 0.3 is 0 Å². The molecule has 1 aliphatic carbocycles. The minimum Gasteiger partial charge on any atom is -0.485 e. The molecule has 1 saturated carbocycles. The summed E-state index contributed by atoms with van der Waals surface area (Å²) in [5, 5.41) is 3.39. The summed E-state index contributed by atoms with van der Waals surface area (Å²) in [4.78, 5) is 0. The van der Waals surface area contributed by atoms with Crippen LogP contribution in [-0.2, 0) is 16.1 Å². The fraction of sp³-hybridized carbons (Fsp3) is 0.571. The number of anilines is 1. The van der Waals surface area contributed by atoms with Crippen molar-refractivity contribution in [3.63, 3.8) is 0 Å². The zero-order valence-corrected chi connectivity index (χ0v) is 20.2. The average Bonchev–Trinajstić information content (AvgIpc) is 2.79. The van der Waals surface area contributed by atoms with E-state index in [2.05, 4.69) is 18.3 Å². The van der Waals surface area contributed by atoms with Crippen LogP contribution in [0.1, 0.15) is 76.5 Å². The first-order valence-corrected chi connectivity index (χ1v) is 12.5. The van der Waals surface area contributed by atoms with Crippen LogP contribution in [0, 0.1) is 11.7 Å². The van der Waals surface area contributed by atoms with E-state index < -0.39 is 5.60 Å². The van der Waals surface area contributed by atoms with E-state index in [1.165, 1.54) is 44.2 Å². The van der Waals surface area contributed by atoms with Crippen molar-refractivity contribution in [2.45, 2.75) is 83.7 Å². The van der Waals surface area contributed by atoms with Crippen molar-refractivity contribution < 1.29 is 18.6 Å². The van der Waals surface area contributed by atoms with Crippen molar-refractivity contribution in [1.29, 1.82) is 0 Å². The van der Waals surface area contributed by atoms with Crippen LogP contribution < -0.4 is 10.1 Å². The maximum atomic E-state index is 13.7. The summed E-state index contributed by atoms with van der Waals surface area (Å²) >= 11 is 0. The second-order valence-electron chi connectivity index (χ2n) is 9.93. The van der Waals surface area contributed by atoms with Crippen LogP contribution in [-0.4, -0.2) is 24.9 Å². The van der Waals surface area contributed by atoms with E-state index in [0.29, 0.717) is 13.2 Å². The number of hydrogen-bond acceptors (Lipinski definition) is 4. The molecule has 1 fully saturated rings. The molecule has 2 unspecified atom stereocenters. The van der Waals surface area contributed by atoms with Crippen LogP contribution in [0.4, 0.5) is 10.1 Å². The van der Waals surface area contributed by atoms with Gasteiger partial charge in [-0.25, -0.2) is 4.39 Å². The normalized spacial score (nSPS) is 22.4. The monoisotopic (exact) mass is 455 g/mol. The van der Waals surface area contributed by atoms with Crippen LogP contribution in [0.25, 0.3) is 0 Å². The third-order valence-corrected chi connectivity index (χ3v) is 6.90. The zero-order valence-electron chi connectivity index (χ0n) is 20.2. The Morgan fingerprint density at radius 2 is 1.88 bits per heavy atom. The van der Waals surface area contributed by atoms with Crippen LogP contribution in [0.15, 0.2) is 42.5 Å². The number of benzene rings is 2. The Hall–Kier alpha value is -2.11. The van der Waals surface area contributed by atoms with Crippen LogP contribution in [0.5, 0.6) is 5.75 Å². The predicted molar refractivity (Wildman–Crippen MR) is 130 cm³/mol. The molecule has 2 aromatic carbocycles. The number of nitrogens with one attached hydrogen (secondary N) is 1. The van der Waals surface area contributed by atoms with Crippen molar-refractivity contribution in [2.24, 2.45) is 5.92 Å². The summed E-state index contributed by atoms with van der Waals surface area (Å²) in [6.07, 6.45) is 7.16.